The molecule has 0 unspecified atom stereocenters. The SMILES string of the molecule is CC#Cc1cc2c(cc1N1CCC(N3CCOCC3)CC1)C1(CCOCC1)c1[nH]c3c(c1C2)C(=O)CC(C#N)=C3. The van der Waals surface area contributed by atoms with E-state index in [0.717, 1.165) is 93.2 Å². The van der Waals surface area contributed by atoms with Gasteiger partial charge in [0.15, 0.2) is 5.78 Å². The first-order chi connectivity index (χ1) is 19.6. The van der Waals surface area contributed by atoms with Crippen molar-refractivity contribution in [2.45, 2.75) is 56.9 Å². The monoisotopic (exact) mass is 536 g/mol. The summed E-state index contributed by atoms with van der Waals surface area (Å²) in [5, 5.41) is 9.52. The maximum absolute atomic E-state index is 13.3. The van der Waals surface area contributed by atoms with Crippen molar-refractivity contribution in [3.63, 3.8) is 0 Å². The highest BCUT2D eigenvalue weighted by molar-refractivity contribution is 6.06. The third kappa shape index (κ3) is 4.11. The van der Waals surface area contributed by atoms with E-state index in [1.165, 1.54) is 16.8 Å². The van der Waals surface area contributed by atoms with Crippen molar-refractivity contribution in [2.75, 3.05) is 57.5 Å². The Morgan fingerprint density at radius 1 is 1.02 bits per heavy atom. The summed E-state index contributed by atoms with van der Waals surface area (Å²) in [5.41, 5.74) is 9.07. The molecule has 3 saturated heterocycles. The lowest BCUT2D eigenvalue weighted by Gasteiger charge is -2.44. The van der Waals surface area contributed by atoms with Crippen molar-refractivity contribution in [3.8, 4) is 17.9 Å². The molecule has 3 aliphatic heterocycles. The van der Waals surface area contributed by atoms with Gasteiger partial charge in [0.25, 0.3) is 0 Å². The van der Waals surface area contributed by atoms with Gasteiger partial charge in [-0.3, -0.25) is 9.69 Å². The van der Waals surface area contributed by atoms with Crippen LogP contribution in [0.25, 0.3) is 6.08 Å². The normalized spacial score (nSPS) is 22.4. The van der Waals surface area contributed by atoms with Gasteiger partial charge in [-0.15, -0.1) is 5.92 Å². The molecule has 1 N–H and O–H groups in total. The van der Waals surface area contributed by atoms with Gasteiger partial charge in [0.2, 0.25) is 0 Å². The molecule has 0 amide bonds. The van der Waals surface area contributed by atoms with Crippen molar-refractivity contribution in [1.29, 1.82) is 5.26 Å². The van der Waals surface area contributed by atoms with Gasteiger partial charge in [-0.1, -0.05) is 5.92 Å². The van der Waals surface area contributed by atoms with Crippen LogP contribution >= 0.6 is 0 Å². The number of ketones is 1. The topological polar surface area (TPSA) is 81.6 Å². The number of carbonyl (C=O) groups excluding carboxylic acids is 1. The van der Waals surface area contributed by atoms with E-state index < -0.39 is 0 Å². The molecule has 5 aliphatic rings. The third-order valence-electron chi connectivity index (χ3n) is 9.78. The quantitative estimate of drug-likeness (QED) is 0.580. The standard InChI is InChI=1S/C33H36N4O3/c1-2-3-23-18-24-19-26-31-28(16-22(21-34)17-30(31)38)35-32(26)33(6-12-39-13-7-33)27(24)20-29(23)37-8-4-25(5-9-37)36-10-14-40-15-11-36/h16,18,20,25,35H,4-15,17,19H2,1H3. The number of anilines is 1. The number of nitrogens with zero attached hydrogens (tertiary/aromatic N) is 3. The minimum Gasteiger partial charge on any atom is -0.381 e. The highest BCUT2D eigenvalue weighted by Gasteiger charge is 2.46. The number of hydrogen-bond donors (Lipinski definition) is 1. The molecule has 1 aromatic heterocycles. The van der Waals surface area contributed by atoms with Crippen molar-refractivity contribution < 1.29 is 14.3 Å². The van der Waals surface area contributed by atoms with Crippen LogP contribution in [0.2, 0.25) is 0 Å². The lowest BCUT2D eigenvalue weighted by Crippen LogP contribution is -2.49. The van der Waals surface area contributed by atoms with Crippen LogP contribution < -0.4 is 4.90 Å². The summed E-state index contributed by atoms with van der Waals surface area (Å²) in [6.07, 6.45) is 6.81. The molecular formula is C33H36N4O3. The lowest BCUT2D eigenvalue weighted by molar-refractivity contribution is 0.0115. The maximum Gasteiger partial charge on any atom is 0.170 e. The number of H-pyrrole nitrogens is 1. The molecule has 2 aromatic rings. The number of carbonyl (C=O) groups is 1. The summed E-state index contributed by atoms with van der Waals surface area (Å²) >= 11 is 0. The Labute approximate surface area is 236 Å². The molecule has 206 valence electrons. The Hall–Kier alpha value is -3.36. The van der Waals surface area contributed by atoms with Crippen LogP contribution in [-0.2, 0) is 21.3 Å². The Kier molecular flexibility index (Phi) is 6.55. The van der Waals surface area contributed by atoms with Gasteiger partial charge < -0.3 is 19.4 Å². The number of morpholine rings is 1. The molecule has 7 rings (SSSR count). The minimum atomic E-state index is -0.238. The Balaban J connectivity index is 1.29. The fraction of sp³-hybridized carbons (Fsp3) is 0.515. The van der Waals surface area contributed by atoms with Crippen LogP contribution in [0.3, 0.4) is 0 Å². The zero-order valence-electron chi connectivity index (χ0n) is 23.3. The van der Waals surface area contributed by atoms with Gasteiger partial charge in [-0.2, -0.15) is 5.26 Å². The summed E-state index contributed by atoms with van der Waals surface area (Å²) in [6, 6.07) is 7.56. The number of rotatable bonds is 2. The molecule has 2 aliphatic carbocycles. The van der Waals surface area contributed by atoms with Crippen LogP contribution in [0, 0.1) is 23.2 Å². The predicted molar refractivity (Wildman–Crippen MR) is 154 cm³/mol. The van der Waals surface area contributed by atoms with Gasteiger partial charge in [-0.25, -0.2) is 0 Å². The number of nitrogens with one attached hydrogen (secondary N) is 1. The summed E-state index contributed by atoms with van der Waals surface area (Å²) in [4.78, 5) is 22.1. The van der Waals surface area contributed by atoms with Crippen molar-refractivity contribution in [2.24, 2.45) is 0 Å². The van der Waals surface area contributed by atoms with E-state index in [-0.39, 0.29) is 17.6 Å². The van der Waals surface area contributed by atoms with Crippen LogP contribution in [0.5, 0.6) is 0 Å². The first-order valence-electron chi connectivity index (χ1n) is 14.7. The van der Waals surface area contributed by atoms with E-state index >= 15 is 0 Å². The smallest absolute Gasteiger partial charge is 0.170 e. The number of nitriles is 1. The molecule has 40 heavy (non-hydrogen) atoms. The molecule has 4 heterocycles. The fourth-order valence-corrected chi connectivity index (χ4v) is 7.83. The average Bonchev–Trinajstić information content (AvgIpc) is 3.38. The number of allylic oxidation sites excluding steroid dienone is 1. The average molecular weight is 537 g/mol. The van der Waals surface area contributed by atoms with Crippen molar-refractivity contribution in [3.05, 3.63) is 56.9 Å². The summed E-state index contributed by atoms with van der Waals surface area (Å²) in [6.45, 7) is 9.09. The highest BCUT2D eigenvalue weighted by Crippen LogP contribution is 2.51. The number of Topliss-reactive ketones (excluding diaryl/α,β-unsaturated/α-hetero) is 1. The summed E-state index contributed by atoms with van der Waals surface area (Å²) in [5.74, 6) is 6.64. The number of benzene rings is 1. The van der Waals surface area contributed by atoms with Crippen molar-refractivity contribution in [1.82, 2.24) is 9.88 Å². The Morgan fingerprint density at radius 2 is 1.77 bits per heavy atom. The van der Waals surface area contributed by atoms with Crippen LogP contribution in [0.4, 0.5) is 5.69 Å². The largest absolute Gasteiger partial charge is 0.381 e. The number of ether oxygens (including phenoxy) is 2. The lowest BCUT2D eigenvalue weighted by atomic mass is 9.64. The predicted octanol–water partition coefficient (Wildman–Crippen LogP) is 4.18. The van der Waals surface area contributed by atoms with E-state index in [0.29, 0.717) is 31.2 Å². The molecule has 7 heteroatoms. The number of piperidine rings is 1. The number of fused-ring (bicyclic) bond motifs is 6. The molecule has 3 fully saturated rings. The van der Waals surface area contributed by atoms with Gasteiger partial charge in [0, 0.05) is 86.1 Å². The molecule has 0 saturated carbocycles. The first kappa shape index (κ1) is 25.6. The molecule has 0 atom stereocenters. The first-order valence-corrected chi connectivity index (χ1v) is 14.7. The van der Waals surface area contributed by atoms with Crippen LogP contribution in [-0.4, -0.2) is 74.3 Å². The molecule has 1 spiro atoms. The van der Waals surface area contributed by atoms with Gasteiger partial charge in [0.05, 0.1) is 30.7 Å². The number of aromatic nitrogens is 1. The van der Waals surface area contributed by atoms with E-state index in [2.05, 4.69) is 44.8 Å². The van der Waals surface area contributed by atoms with Crippen LogP contribution in [0.15, 0.2) is 17.7 Å². The second kappa shape index (κ2) is 10.2. The van der Waals surface area contributed by atoms with Gasteiger partial charge in [-0.05, 0) is 67.5 Å². The Morgan fingerprint density at radius 3 is 2.50 bits per heavy atom. The Bertz CT molecular complexity index is 1480. The maximum atomic E-state index is 13.3. The molecule has 1 aromatic carbocycles. The summed E-state index contributed by atoms with van der Waals surface area (Å²) in [7, 11) is 0. The molecule has 0 bridgehead atoms. The van der Waals surface area contributed by atoms with E-state index in [1.54, 1.807) is 0 Å². The minimum absolute atomic E-state index is 0.0468. The van der Waals surface area contributed by atoms with Crippen LogP contribution in [0.1, 0.15) is 83.0 Å². The van der Waals surface area contributed by atoms with E-state index in [4.69, 9.17) is 9.47 Å². The number of aromatic amines is 1. The molecular weight excluding hydrogens is 500 g/mol. The third-order valence-corrected chi connectivity index (χ3v) is 9.78. The van der Waals surface area contributed by atoms with Gasteiger partial charge in [0.1, 0.15) is 0 Å². The summed E-state index contributed by atoms with van der Waals surface area (Å²) < 4.78 is 11.5. The van der Waals surface area contributed by atoms with Gasteiger partial charge >= 0.3 is 0 Å². The fourth-order valence-electron chi connectivity index (χ4n) is 7.83. The molecule has 0 radical (unpaired) electrons. The second-order valence-corrected chi connectivity index (χ2v) is 11.8. The number of hydrogen-bond acceptors (Lipinski definition) is 6. The molecule has 7 nitrogen and oxygen atoms in total. The van der Waals surface area contributed by atoms with E-state index in [1.807, 2.05) is 13.0 Å². The zero-order valence-corrected chi connectivity index (χ0v) is 23.3. The van der Waals surface area contributed by atoms with E-state index in [9.17, 15) is 10.1 Å². The zero-order chi connectivity index (χ0) is 27.3. The van der Waals surface area contributed by atoms with Crippen molar-refractivity contribution >= 4 is 17.5 Å². The second-order valence-electron chi connectivity index (χ2n) is 11.8. The highest BCUT2D eigenvalue weighted by atomic mass is 16.5.